The minimum atomic E-state index is -0.490. The molecule has 0 saturated carbocycles. The number of aryl methyl sites for hydroxylation is 1. The summed E-state index contributed by atoms with van der Waals surface area (Å²) in [7, 11) is 1.28. The fourth-order valence-electron chi connectivity index (χ4n) is 2.50. The average molecular weight is 370 g/mol. The third-order valence-corrected chi connectivity index (χ3v) is 3.86. The van der Waals surface area contributed by atoms with E-state index in [4.69, 9.17) is 9.15 Å². The zero-order valence-corrected chi connectivity index (χ0v) is 14.6. The number of fused-ring (bicyclic) bond motifs is 1. The molecule has 0 aliphatic rings. The first kappa shape index (κ1) is 18.2. The maximum Gasteiger partial charge on any atom is 0.419 e. The number of benzene rings is 2. The van der Waals surface area contributed by atoms with Crippen LogP contribution in [0.3, 0.4) is 0 Å². The highest BCUT2D eigenvalue weighted by Gasteiger charge is 2.10. The number of hydrogen-bond acceptors (Lipinski definition) is 6. The van der Waals surface area contributed by atoms with Gasteiger partial charge in [0.15, 0.2) is 12.2 Å². The number of amides is 1. The zero-order chi connectivity index (χ0) is 19.2. The Morgan fingerprint density at radius 3 is 2.59 bits per heavy atom. The first-order valence-electron chi connectivity index (χ1n) is 8.25. The lowest BCUT2D eigenvalue weighted by Gasteiger charge is -2.08. The number of hydrogen-bond donors (Lipinski definition) is 1. The van der Waals surface area contributed by atoms with Gasteiger partial charge in [0, 0.05) is 18.7 Å². The SMILES string of the molecule is COC(=O)COc1ccc(NC(=O)CCn2c(=O)oc3ccccc32)cc1. The molecule has 0 saturated heterocycles. The van der Waals surface area contributed by atoms with E-state index in [0.717, 1.165) is 0 Å². The maximum atomic E-state index is 12.1. The van der Waals surface area contributed by atoms with Crippen LogP contribution in [0.4, 0.5) is 5.69 Å². The van der Waals surface area contributed by atoms with E-state index in [-0.39, 0.29) is 25.5 Å². The van der Waals surface area contributed by atoms with Gasteiger partial charge in [0.1, 0.15) is 5.75 Å². The Hall–Kier alpha value is -3.55. The van der Waals surface area contributed by atoms with Crippen molar-refractivity contribution in [3.8, 4) is 5.75 Å². The zero-order valence-electron chi connectivity index (χ0n) is 14.6. The van der Waals surface area contributed by atoms with Gasteiger partial charge in [-0.2, -0.15) is 0 Å². The van der Waals surface area contributed by atoms with Gasteiger partial charge in [-0.15, -0.1) is 0 Å². The van der Waals surface area contributed by atoms with Gasteiger partial charge in [-0.25, -0.2) is 9.59 Å². The van der Waals surface area contributed by atoms with E-state index in [0.29, 0.717) is 22.5 Å². The lowest BCUT2D eigenvalue weighted by Crippen LogP contribution is -2.19. The third-order valence-electron chi connectivity index (χ3n) is 3.86. The number of nitrogens with zero attached hydrogens (tertiary/aromatic N) is 1. The van der Waals surface area contributed by atoms with Crippen LogP contribution in [0, 0.1) is 0 Å². The molecule has 0 aliphatic carbocycles. The molecule has 0 bridgehead atoms. The van der Waals surface area contributed by atoms with Gasteiger partial charge in [-0.1, -0.05) is 12.1 Å². The van der Waals surface area contributed by atoms with E-state index in [1.165, 1.54) is 11.7 Å². The number of aromatic nitrogens is 1. The first-order chi connectivity index (χ1) is 13.1. The Morgan fingerprint density at radius 2 is 1.85 bits per heavy atom. The Kier molecular flexibility index (Phi) is 5.55. The summed E-state index contributed by atoms with van der Waals surface area (Å²) in [6.45, 7) is 0.0254. The molecule has 1 N–H and O–H groups in total. The van der Waals surface area contributed by atoms with E-state index in [1.54, 1.807) is 48.5 Å². The standard InChI is InChI=1S/C19H18N2O6/c1-25-18(23)12-26-14-8-6-13(7-9-14)20-17(22)10-11-21-15-4-2-3-5-16(15)27-19(21)24/h2-9H,10-12H2,1H3,(H,20,22). The Bertz CT molecular complexity index is 1000. The smallest absolute Gasteiger partial charge is 0.419 e. The third kappa shape index (κ3) is 4.55. The van der Waals surface area contributed by atoms with Gasteiger partial charge < -0.3 is 19.2 Å². The second-order valence-corrected chi connectivity index (χ2v) is 5.67. The molecule has 8 nitrogen and oxygen atoms in total. The number of carbonyl (C=O) groups excluding carboxylic acids is 2. The van der Waals surface area contributed by atoms with E-state index < -0.39 is 11.7 Å². The van der Waals surface area contributed by atoms with Gasteiger partial charge in [-0.05, 0) is 36.4 Å². The molecule has 0 radical (unpaired) electrons. The van der Waals surface area contributed by atoms with Gasteiger partial charge >= 0.3 is 11.7 Å². The van der Waals surface area contributed by atoms with Crippen LogP contribution >= 0.6 is 0 Å². The summed E-state index contributed by atoms with van der Waals surface area (Å²) >= 11 is 0. The van der Waals surface area contributed by atoms with Crippen LogP contribution in [0.15, 0.2) is 57.7 Å². The number of oxazole rings is 1. The molecule has 140 valence electrons. The number of ether oxygens (including phenoxy) is 2. The van der Waals surface area contributed by atoms with Crippen LogP contribution in [0.2, 0.25) is 0 Å². The van der Waals surface area contributed by atoms with Gasteiger partial charge in [0.2, 0.25) is 5.91 Å². The summed E-state index contributed by atoms with van der Waals surface area (Å²) in [5, 5.41) is 2.74. The highest BCUT2D eigenvalue weighted by atomic mass is 16.6. The molecule has 0 aliphatic heterocycles. The monoisotopic (exact) mass is 370 g/mol. The number of rotatable bonds is 7. The van der Waals surface area contributed by atoms with Crippen LogP contribution in [-0.2, 0) is 20.9 Å². The average Bonchev–Trinajstić information content (AvgIpc) is 3.00. The van der Waals surface area contributed by atoms with Crippen molar-refractivity contribution in [1.29, 1.82) is 0 Å². The molecule has 3 rings (SSSR count). The number of carbonyl (C=O) groups is 2. The summed E-state index contributed by atoms with van der Waals surface area (Å²) in [5.74, 6) is -0.726. The number of methoxy groups -OCH3 is 1. The molecular weight excluding hydrogens is 352 g/mol. The van der Waals surface area contributed by atoms with Crippen LogP contribution < -0.4 is 15.8 Å². The summed E-state index contributed by atoms with van der Waals surface area (Å²) in [6.07, 6.45) is 0.115. The van der Waals surface area contributed by atoms with Gasteiger partial charge in [-0.3, -0.25) is 9.36 Å². The Labute approximate surface area is 154 Å². The topological polar surface area (TPSA) is 99.8 Å². The van der Waals surface area contributed by atoms with Crippen molar-refractivity contribution >= 4 is 28.7 Å². The van der Waals surface area contributed by atoms with Crippen molar-refractivity contribution in [2.75, 3.05) is 19.0 Å². The number of para-hydroxylation sites is 2. The largest absolute Gasteiger partial charge is 0.482 e. The van der Waals surface area contributed by atoms with Crippen molar-refractivity contribution < 1.29 is 23.5 Å². The van der Waals surface area contributed by atoms with E-state index in [1.807, 2.05) is 0 Å². The second kappa shape index (κ2) is 8.22. The van der Waals surface area contributed by atoms with E-state index >= 15 is 0 Å². The molecule has 1 amide bonds. The maximum absolute atomic E-state index is 12.1. The second-order valence-electron chi connectivity index (χ2n) is 5.67. The van der Waals surface area contributed by atoms with Crippen LogP contribution in [0.5, 0.6) is 5.75 Å². The molecule has 1 aromatic heterocycles. The normalized spacial score (nSPS) is 10.6. The molecule has 2 aromatic carbocycles. The van der Waals surface area contributed by atoms with Crippen molar-refractivity contribution in [2.24, 2.45) is 0 Å². The first-order valence-corrected chi connectivity index (χ1v) is 8.25. The fourth-order valence-corrected chi connectivity index (χ4v) is 2.50. The molecule has 0 spiro atoms. The molecular formula is C19H18N2O6. The van der Waals surface area contributed by atoms with Gasteiger partial charge in [0.25, 0.3) is 0 Å². The van der Waals surface area contributed by atoms with E-state index in [2.05, 4.69) is 10.1 Å². The predicted molar refractivity (Wildman–Crippen MR) is 97.7 cm³/mol. The molecule has 27 heavy (non-hydrogen) atoms. The summed E-state index contributed by atoms with van der Waals surface area (Å²) in [4.78, 5) is 35.1. The molecule has 0 atom stereocenters. The highest BCUT2D eigenvalue weighted by Crippen LogP contribution is 2.16. The number of esters is 1. The number of anilines is 1. The Balaban J connectivity index is 1.55. The predicted octanol–water partition coefficient (Wildman–Crippen LogP) is 2.18. The van der Waals surface area contributed by atoms with Crippen molar-refractivity contribution in [1.82, 2.24) is 4.57 Å². The summed E-state index contributed by atoms with van der Waals surface area (Å²) in [6, 6.07) is 13.6. The van der Waals surface area contributed by atoms with Crippen molar-refractivity contribution in [3.63, 3.8) is 0 Å². The molecule has 8 heteroatoms. The lowest BCUT2D eigenvalue weighted by atomic mass is 10.3. The fraction of sp³-hybridized carbons (Fsp3) is 0.211. The minimum Gasteiger partial charge on any atom is -0.482 e. The lowest BCUT2D eigenvalue weighted by molar-refractivity contribution is -0.142. The Morgan fingerprint density at radius 1 is 1.11 bits per heavy atom. The summed E-state index contributed by atoms with van der Waals surface area (Å²) in [5.41, 5.74) is 1.72. The molecule has 3 aromatic rings. The molecule has 1 heterocycles. The molecule has 0 fully saturated rings. The van der Waals surface area contributed by atoms with Gasteiger partial charge in [0.05, 0.1) is 12.6 Å². The van der Waals surface area contributed by atoms with E-state index in [9.17, 15) is 14.4 Å². The van der Waals surface area contributed by atoms with Crippen LogP contribution in [-0.4, -0.2) is 30.2 Å². The quantitative estimate of drug-likeness (QED) is 0.640. The van der Waals surface area contributed by atoms with Crippen LogP contribution in [0.25, 0.3) is 11.1 Å². The van der Waals surface area contributed by atoms with Crippen LogP contribution in [0.1, 0.15) is 6.42 Å². The highest BCUT2D eigenvalue weighted by molar-refractivity contribution is 5.90. The molecule has 0 unspecified atom stereocenters. The summed E-state index contributed by atoms with van der Waals surface area (Å²) < 4.78 is 16.3. The minimum absolute atomic E-state index is 0.115. The number of nitrogens with one attached hydrogen (secondary N) is 1. The van der Waals surface area contributed by atoms with Crippen molar-refractivity contribution in [2.45, 2.75) is 13.0 Å². The van der Waals surface area contributed by atoms with Crippen molar-refractivity contribution in [3.05, 3.63) is 59.1 Å².